The van der Waals surface area contributed by atoms with Gasteiger partial charge < -0.3 is 5.32 Å². The van der Waals surface area contributed by atoms with E-state index in [4.69, 9.17) is 0 Å². The summed E-state index contributed by atoms with van der Waals surface area (Å²) in [5.41, 5.74) is 0.0614. The van der Waals surface area contributed by atoms with Crippen LogP contribution < -0.4 is 5.32 Å². The van der Waals surface area contributed by atoms with Crippen LogP contribution in [0.1, 0.15) is 29.6 Å². The SMILES string of the molecule is O=C(NCC1CC=CCC1)c1ccncc1F. The minimum Gasteiger partial charge on any atom is -0.352 e. The van der Waals surface area contributed by atoms with Gasteiger partial charge in [0, 0.05) is 12.7 Å². The van der Waals surface area contributed by atoms with Crippen LogP contribution >= 0.6 is 0 Å². The highest BCUT2D eigenvalue weighted by molar-refractivity contribution is 5.94. The van der Waals surface area contributed by atoms with E-state index in [-0.39, 0.29) is 11.5 Å². The molecule has 1 heterocycles. The summed E-state index contributed by atoms with van der Waals surface area (Å²) in [5, 5.41) is 2.77. The Kier molecular flexibility index (Phi) is 3.85. The summed E-state index contributed by atoms with van der Waals surface area (Å²) >= 11 is 0. The summed E-state index contributed by atoms with van der Waals surface area (Å²) < 4.78 is 13.3. The zero-order valence-electron chi connectivity index (χ0n) is 9.53. The molecule has 2 rings (SSSR count). The Morgan fingerprint density at radius 2 is 2.41 bits per heavy atom. The number of hydrogen-bond acceptors (Lipinski definition) is 2. The number of halogens is 1. The van der Waals surface area contributed by atoms with Crippen molar-refractivity contribution in [2.24, 2.45) is 5.92 Å². The third-order valence-electron chi connectivity index (χ3n) is 2.95. The average molecular weight is 234 g/mol. The van der Waals surface area contributed by atoms with Crippen molar-refractivity contribution in [3.63, 3.8) is 0 Å². The van der Waals surface area contributed by atoms with Crippen LogP contribution in [-0.2, 0) is 0 Å². The van der Waals surface area contributed by atoms with Gasteiger partial charge in [-0.3, -0.25) is 9.78 Å². The smallest absolute Gasteiger partial charge is 0.254 e. The van der Waals surface area contributed by atoms with Gasteiger partial charge in [-0.25, -0.2) is 4.39 Å². The van der Waals surface area contributed by atoms with E-state index in [1.54, 1.807) is 0 Å². The molecule has 90 valence electrons. The van der Waals surface area contributed by atoms with Crippen molar-refractivity contribution in [2.75, 3.05) is 6.54 Å². The molecule has 1 N–H and O–H groups in total. The molecular formula is C13H15FN2O. The monoisotopic (exact) mass is 234 g/mol. The fourth-order valence-corrected chi connectivity index (χ4v) is 1.93. The number of hydrogen-bond donors (Lipinski definition) is 1. The molecule has 3 nitrogen and oxygen atoms in total. The summed E-state index contributed by atoms with van der Waals surface area (Å²) in [5.74, 6) is -0.471. The van der Waals surface area contributed by atoms with Crippen LogP contribution in [0.4, 0.5) is 4.39 Å². The van der Waals surface area contributed by atoms with Crippen LogP contribution in [0.15, 0.2) is 30.6 Å². The average Bonchev–Trinajstić information content (AvgIpc) is 2.38. The number of aromatic nitrogens is 1. The number of nitrogens with one attached hydrogen (secondary N) is 1. The first-order valence-electron chi connectivity index (χ1n) is 5.80. The van der Waals surface area contributed by atoms with Crippen LogP contribution in [0.5, 0.6) is 0 Å². The summed E-state index contributed by atoms with van der Waals surface area (Å²) in [6.45, 7) is 0.602. The number of pyridine rings is 1. The second kappa shape index (κ2) is 5.57. The Hall–Kier alpha value is -1.71. The second-order valence-electron chi connectivity index (χ2n) is 4.22. The topological polar surface area (TPSA) is 42.0 Å². The molecule has 0 bridgehead atoms. The highest BCUT2D eigenvalue weighted by Crippen LogP contribution is 2.17. The van der Waals surface area contributed by atoms with Crippen LogP contribution in [0.3, 0.4) is 0 Å². The normalized spacial score (nSPS) is 19.0. The molecule has 0 aliphatic heterocycles. The van der Waals surface area contributed by atoms with Crippen molar-refractivity contribution in [1.82, 2.24) is 10.3 Å². The number of amides is 1. The maximum Gasteiger partial charge on any atom is 0.254 e. The number of carbonyl (C=O) groups excluding carboxylic acids is 1. The zero-order chi connectivity index (χ0) is 12.1. The lowest BCUT2D eigenvalue weighted by Gasteiger charge is -2.18. The van der Waals surface area contributed by atoms with Gasteiger partial charge >= 0.3 is 0 Å². The van der Waals surface area contributed by atoms with Gasteiger partial charge in [-0.15, -0.1) is 0 Å². The molecule has 1 aromatic heterocycles. The van der Waals surface area contributed by atoms with Gasteiger partial charge in [0.15, 0.2) is 5.82 Å². The van der Waals surface area contributed by atoms with Crippen molar-refractivity contribution in [3.05, 3.63) is 42.0 Å². The molecule has 0 fully saturated rings. The molecule has 0 radical (unpaired) electrons. The molecule has 4 heteroatoms. The van der Waals surface area contributed by atoms with Gasteiger partial charge in [-0.2, -0.15) is 0 Å². The van der Waals surface area contributed by atoms with Crippen molar-refractivity contribution in [1.29, 1.82) is 0 Å². The fourth-order valence-electron chi connectivity index (χ4n) is 1.93. The summed E-state index contributed by atoms with van der Waals surface area (Å²) in [7, 11) is 0. The first-order chi connectivity index (χ1) is 8.27. The predicted molar refractivity (Wildman–Crippen MR) is 63.0 cm³/mol. The van der Waals surface area contributed by atoms with E-state index in [1.165, 1.54) is 12.3 Å². The van der Waals surface area contributed by atoms with E-state index in [1.807, 2.05) is 0 Å². The number of nitrogens with zero attached hydrogens (tertiary/aromatic N) is 1. The minimum absolute atomic E-state index is 0.0614. The number of rotatable bonds is 3. The highest BCUT2D eigenvalue weighted by Gasteiger charge is 2.14. The highest BCUT2D eigenvalue weighted by atomic mass is 19.1. The Bertz CT molecular complexity index is 431. The Morgan fingerprint density at radius 1 is 1.53 bits per heavy atom. The molecule has 1 aliphatic rings. The van der Waals surface area contributed by atoms with Gasteiger partial charge in [-0.05, 0) is 31.2 Å². The Balaban J connectivity index is 1.89. The molecule has 1 aromatic rings. The van der Waals surface area contributed by atoms with Crippen molar-refractivity contribution >= 4 is 5.91 Å². The largest absolute Gasteiger partial charge is 0.352 e. The molecule has 0 saturated carbocycles. The quantitative estimate of drug-likeness (QED) is 0.815. The summed E-state index contributed by atoms with van der Waals surface area (Å²) in [6, 6.07) is 1.39. The zero-order valence-corrected chi connectivity index (χ0v) is 9.53. The molecule has 1 atom stereocenters. The van der Waals surface area contributed by atoms with E-state index < -0.39 is 5.82 Å². The van der Waals surface area contributed by atoms with E-state index in [0.717, 1.165) is 25.5 Å². The van der Waals surface area contributed by atoms with Gasteiger partial charge in [-0.1, -0.05) is 12.2 Å². The Morgan fingerprint density at radius 3 is 3.12 bits per heavy atom. The van der Waals surface area contributed by atoms with Crippen LogP contribution in [0.25, 0.3) is 0 Å². The number of carbonyl (C=O) groups is 1. The van der Waals surface area contributed by atoms with Gasteiger partial charge in [0.05, 0.1) is 11.8 Å². The van der Waals surface area contributed by atoms with Crippen LogP contribution in [-0.4, -0.2) is 17.4 Å². The van der Waals surface area contributed by atoms with E-state index in [0.29, 0.717) is 12.5 Å². The third kappa shape index (κ3) is 3.12. The molecule has 1 aliphatic carbocycles. The molecule has 0 saturated heterocycles. The molecule has 1 amide bonds. The van der Waals surface area contributed by atoms with E-state index in [9.17, 15) is 9.18 Å². The van der Waals surface area contributed by atoms with Crippen LogP contribution in [0, 0.1) is 11.7 Å². The Labute approximate surface area is 99.8 Å². The second-order valence-corrected chi connectivity index (χ2v) is 4.22. The molecule has 0 spiro atoms. The first-order valence-corrected chi connectivity index (χ1v) is 5.80. The van der Waals surface area contributed by atoms with E-state index in [2.05, 4.69) is 22.5 Å². The van der Waals surface area contributed by atoms with Gasteiger partial charge in [0.25, 0.3) is 5.91 Å². The first kappa shape index (κ1) is 11.8. The lowest BCUT2D eigenvalue weighted by atomic mass is 9.94. The predicted octanol–water partition coefficient (Wildman–Crippen LogP) is 2.31. The molecule has 0 aromatic carbocycles. The fraction of sp³-hybridized carbons (Fsp3) is 0.385. The van der Waals surface area contributed by atoms with Crippen molar-refractivity contribution in [2.45, 2.75) is 19.3 Å². The lowest BCUT2D eigenvalue weighted by molar-refractivity contribution is 0.0942. The standard InChI is InChI=1S/C13H15FN2O/c14-12-9-15-7-6-11(12)13(17)16-8-10-4-2-1-3-5-10/h1-2,6-7,9-10H,3-5,8H2,(H,16,17). The summed E-state index contributed by atoms with van der Waals surface area (Å²) in [6.07, 6.45) is 9.88. The van der Waals surface area contributed by atoms with Crippen molar-refractivity contribution < 1.29 is 9.18 Å². The minimum atomic E-state index is -0.575. The van der Waals surface area contributed by atoms with E-state index >= 15 is 0 Å². The van der Waals surface area contributed by atoms with Gasteiger partial charge in [0.1, 0.15) is 0 Å². The maximum atomic E-state index is 13.3. The van der Waals surface area contributed by atoms with Crippen molar-refractivity contribution in [3.8, 4) is 0 Å². The lowest BCUT2D eigenvalue weighted by Crippen LogP contribution is -2.30. The third-order valence-corrected chi connectivity index (χ3v) is 2.95. The van der Waals surface area contributed by atoms with Crippen LogP contribution in [0.2, 0.25) is 0 Å². The molecule has 17 heavy (non-hydrogen) atoms. The molecule has 1 unspecified atom stereocenters. The number of allylic oxidation sites excluding steroid dienone is 2. The summed E-state index contributed by atoms with van der Waals surface area (Å²) in [4.78, 5) is 15.3. The maximum absolute atomic E-state index is 13.3. The molecular weight excluding hydrogens is 219 g/mol. The van der Waals surface area contributed by atoms with Gasteiger partial charge in [0.2, 0.25) is 0 Å².